The van der Waals surface area contributed by atoms with Gasteiger partial charge in [0.05, 0.1) is 5.56 Å². The van der Waals surface area contributed by atoms with Gasteiger partial charge in [0.2, 0.25) is 0 Å². The predicted molar refractivity (Wildman–Crippen MR) is 63.8 cm³/mol. The second kappa shape index (κ2) is 5.14. The van der Waals surface area contributed by atoms with E-state index in [4.69, 9.17) is 9.84 Å². The van der Waals surface area contributed by atoms with Gasteiger partial charge in [0.15, 0.2) is 0 Å². The Morgan fingerprint density at radius 1 is 1.11 bits per heavy atom. The summed E-state index contributed by atoms with van der Waals surface area (Å²) in [7, 11) is 0. The number of carboxylic acid groups (broad SMARTS) is 1. The van der Waals surface area contributed by atoms with Crippen molar-refractivity contribution in [1.82, 2.24) is 0 Å². The van der Waals surface area contributed by atoms with Crippen molar-refractivity contribution in [2.24, 2.45) is 0 Å². The molecule has 2 aromatic rings. The Balaban J connectivity index is 0.000000902. The monoisotopic (exact) mass is 250 g/mol. The zero-order chi connectivity index (χ0) is 11.8. The van der Waals surface area contributed by atoms with Crippen molar-refractivity contribution < 1.29 is 45.6 Å². The summed E-state index contributed by atoms with van der Waals surface area (Å²) in [6, 6.07) is 12.7. The van der Waals surface area contributed by atoms with Crippen LogP contribution in [0, 0.1) is 0 Å². The fraction of sp³-hybridized carbons (Fsp3) is 0.0714. The molecule has 2 aromatic carbocycles. The van der Waals surface area contributed by atoms with Gasteiger partial charge < -0.3 is 11.3 Å². The Morgan fingerprint density at radius 3 is 2.61 bits per heavy atom. The smallest absolute Gasteiger partial charge is 1.00 e. The molecule has 0 aromatic heterocycles. The van der Waals surface area contributed by atoms with Gasteiger partial charge in [-0.05, 0) is 29.8 Å². The minimum Gasteiger partial charge on any atom is -1.00 e. The van der Waals surface area contributed by atoms with Crippen LogP contribution in [0.15, 0.2) is 42.5 Å². The number of hydrogen-bond acceptors (Lipinski definition) is 2. The van der Waals surface area contributed by atoms with Crippen LogP contribution in [-0.4, -0.2) is 11.1 Å². The van der Waals surface area contributed by atoms with Crippen molar-refractivity contribution in [3.05, 3.63) is 59.2 Å². The van der Waals surface area contributed by atoms with Gasteiger partial charge >= 0.3 is 35.5 Å². The molecular formula is C14H11NaO3. The molecule has 3 rings (SSSR count). The Morgan fingerprint density at radius 2 is 1.83 bits per heavy atom. The standard InChI is InChI=1S/C14H10O3.Na.H/c15-14(16)10-5-6-13-11(8-10)7-9-3-1-2-4-12(9)17-13;;/h1-6,8H,7H2,(H,15,16);;/q;+1;-1. The maximum absolute atomic E-state index is 10.9. The molecule has 1 aliphatic rings. The summed E-state index contributed by atoms with van der Waals surface area (Å²) in [5, 5.41) is 8.94. The summed E-state index contributed by atoms with van der Waals surface area (Å²) < 4.78 is 5.72. The number of para-hydroxylation sites is 1. The third kappa shape index (κ3) is 2.29. The maximum Gasteiger partial charge on any atom is 1.00 e. The quantitative estimate of drug-likeness (QED) is 0.627. The van der Waals surface area contributed by atoms with E-state index in [1.807, 2.05) is 24.3 Å². The van der Waals surface area contributed by atoms with E-state index in [0.717, 1.165) is 22.6 Å². The van der Waals surface area contributed by atoms with Crippen molar-refractivity contribution in [3.8, 4) is 11.5 Å². The van der Waals surface area contributed by atoms with Crippen LogP contribution in [0.2, 0.25) is 0 Å². The van der Waals surface area contributed by atoms with Crippen molar-refractivity contribution in [1.29, 1.82) is 0 Å². The molecule has 0 aliphatic carbocycles. The molecule has 3 nitrogen and oxygen atoms in total. The second-order valence-corrected chi connectivity index (χ2v) is 4.01. The average Bonchev–Trinajstić information content (AvgIpc) is 2.35. The topological polar surface area (TPSA) is 46.5 Å². The van der Waals surface area contributed by atoms with Crippen LogP contribution in [-0.2, 0) is 6.42 Å². The van der Waals surface area contributed by atoms with E-state index in [1.165, 1.54) is 0 Å². The number of ether oxygens (including phenoxy) is 1. The minimum atomic E-state index is -0.911. The van der Waals surface area contributed by atoms with E-state index in [9.17, 15) is 4.79 Å². The molecule has 0 unspecified atom stereocenters. The Labute approximate surface area is 128 Å². The summed E-state index contributed by atoms with van der Waals surface area (Å²) in [5.41, 5.74) is 2.30. The molecular weight excluding hydrogens is 239 g/mol. The number of carbonyl (C=O) groups is 1. The third-order valence-electron chi connectivity index (χ3n) is 2.88. The molecule has 1 heterocycles. The summed E-state index contributed by atoms with van der Waals surface area (Å²) in [6.45, 7) is 0. The zero-order valence-corrected chi connectivity index (χ0v) is 12.0. The summed E-state index contributed by atoms with van der Waals surface area (Å²) >= 11 is 0. The number of rotatable bonds is 1. The fourth-order valence-electron chi connectivity index (χ4n) is 2.02. The van der Waals surface area contributed by atoms with Crippen LogP contribution >= 0.6 is 0 Å². The molecule has 0 spiro atoms. The number of carboxylic acids is 1. The first-order valence-electron chi connectivity index (χ1n) is 5.36. The molecule has 0 bridgehead atoms. The van der Waals surface area contributed by atoms with Gasteiger partial charge in [-0.2, -0.15) is 0 Å². The summed E-state index contributed by atoms with van der Waals surface area (Å²) in [6.07, 6.45) is 0.715. The molecule has 0 saturated carbocycles. The summed E-state index contributed by atoms with van der Waals surface area (Å²) in [4.78, 5) is 10.9. The Kier molecular flexibility index (Phi) is 3.76. The van der Waals surface area contributed by atoms with Crippen LogP contribution in [0.25, 0.3) is 0 Å². The van der Waals surface area contributed by atoms with E-state index >= 15 is 0 Å². The first kappa shape index (κ1) is 13.1. The van der Waals surface area contributed by atoms with Crippen molar-refractivity contribution in [2.75, 3.05) is 0 Å². The van der Waals surface area contributed by atoms with Crippen LogP contribution in [0.1, 0.15) is 22.9 Å². The molecule has 0 amide bonds. The van der Waals surface area contributed by atoms with Gasteiger partial charge in [-0.1, -0.05) is 18.2 Å². The van der Waals surface area contributed by atoms with Gasteiger partial charge in [0, 0.05) is 12.0 Å². The molecule has 18 heavy (non-hydrogen) atoms. The van der Waals surface area contributed by atoms with Gasteiger partial charge in [0.1, 0.15) is 11.5 Å². The first-order chi connectivity index (χ1) is 8.24. The molecule has 0 saturated heterocycles. The fourth-order valence-corrected chi connectivity index (χ4v) is 2.02. The van der Waals surface area contributed by atoms with Gasteiger partial charge in [-0.3, -0.25) is 0 Å². The number of aromatic carboxylic acids is 1. The van der Waals surface area contributed by atoms with Gasteiger partial charge in [-0.25, -0.2) is 4.79 Å². The number of hydrogen-bond donors (Lipinski definition) is 1. The number of benzene rings is 2. The third-order valence-corrected chi connectivity index (χ3v) is 2.88. The molecule has 0 fully saturated rings. The molecule has 0 atom stereocenters. The van der Waals surface area contributed by atoms with Crippen molar-refractivity contribution in [3.63, 3.8) is 0 Å². The molecule has 4 heteroatoms. The Bertz CT molecular complexity index is 613. The SMILES string of the molecule is O=C(O)c1ccc2c(c1)Cc1ccccc1O2.[H-].[Na+]. The minimum absolute atomic E-state index is 0. The van der Waals surface area contributed by atoms with E-state index < -0.39 is 5.97 Å². The van der Waals surface area contributed by atoms with E-state index in [-0.39, 0.29) is 31.0 Å². The normalized spacial score (nSPS) is 11.6. The zero-order valence-electron chi connectivity index (χ0n) is 11.0. The second-order valence-electron chi connectivity index (χ2n) is 4.01. The predicted octanol–water partition coefficient (Wildman–Crippen LogP) is 0.198. The Hall–Kier alpha value is -1.29. The van der Waals surface area contributed by atoms with Crippen molar-refractivity contribution in [2.45, 2.75) is 6.42 Å². The van der Waals surface area contributed by atoms with E-state index in [0.29, 0.717) is 12.0 Å². The maximum atomic E-state index is 10.9. The number of fused-ring (bicyclic) bond motifs is 2. The van der Waals surface area contributed by atoms with E-state index in [1.54, 1.807) is 18.2 Å². The molecule has 86 valence electrons. The first-order valence-corrected chi connectivity index (χ1v) is 5.36. The van der Waals surface area contributed by atoms with Crippen LogP contribution in [0.5, 0.6) is 11.5 Å². The molecule has 1 aliphatic heterocycles. The van der Waals surface area contributed by atoms with Crippen molar-refractivity contribution >= 4 is 5.97 Å². The van der Waals surface area contributed by atoms with Crippen LogP contribution in [0.3, 0.4) is 0 Å². The van der Waals surface area contributed by atoms with Gasteiger partial charge in [0.25, 0.3) is 0 Å². The molecule has 0 radical (unpaired) electrons. The average molecular weight is 250 g/mol. The van der Waals surface area contributed by atoms with Gasteiger partial charge in [-0.15, -0.1) is 0 Å². The van der Waals surface area contributed by atoms with E-state index in [2.05, 4.69) is 0 Å². The van der Waals surface area contributed by atoms with Crippen LogP contribution < -0.4 is 34.3 Å². The largest absolute Gasteiger partial charge is 1.00 e. The molecule has 1 N–H and O–H groups in total. The van der Waals surface area contributed by atoms with Crippen LogP contribution in [0.4, 0.5) is 0 Å². The summed E-state index contributed by atoms with van der Waals surface area (Å²) in [5.74, 6) is 0.684.